The first-order valence-electron chi connectivity index (χ1n) is 10.0. The molecule has 34 heavy (non-hydrogen) atoms. The summed E-state index contributed by atoms with van der Waals surface area (Å²) < 4.78 is 6.30. The monoisotopic (exact) mass is 521 g/mol. The van der Waals surface area contributed by atoms with Crippen molar-refractivity contribution >= 4 is 51.4 Å². The van der Waals surface area contributed by atoms with Crippen LogP contribution in [0.2, 0.25) is 0 Å². The third-order valence-electron chi connectivity index (χ3n) is 4.38. The molecule has 3 N–H and O–H groups in total. The summed E-state index contributed by atoms with van der Waals surface area (Å²) in [5.41, 5.74) is 6.32. The molecule has 0 aliphatic rings. The molecule has 0 aliphatic carbocycles. The van der Waals surface area contributed by atoms with Gasteiger partial charge >= 0.3 is 5.97 Å². The molecule has 0 radical (unpaired) electrons. The van der Waals surface area contributed by atoms with Gasteiger partial charge in [-0.15, -0.1) is 0 Å². The van der Waals surface area contributed by atoms with Crippen LogP contribution in [0.5, 0.6) is 5.75 Å². The highest BCUT2D eigenvalue weighted by atomic mass is 79.9. The van der Waals surface area contributed by atoms with Gasteiger partial charge in [0.15, 0.2) is 0 Å². The molecular formula is C25H20BrN3O5. The predicted molar refractivity (Wildman–Crippen MR) is 131 cm³/mol. The zero-order valence-electron chi connectivity index (χ0n) is 18.0. The molecule has 0 spiro atoms. The third-order valence-corrected chi connectivity index (χ3v) is 4.91. The van der Waals surface area contributed by atoms with Gasteiger partial charge in [0.1, 0.15) is 5.75 Å². The second kappa shape index (κ2) is 11.6. The fourth-order valence-corrected chi connectivity index (χ4v) is 3.03. The number of amides is 3. The van der Waals surface area contributed by atoms with Crippen molar-refractivity contribution in [1.29, 1.82) is 0 Å². The number of hydrogen-bond acceptors (Lipinski definition) is 5. The van der Waals surface area contributed by atoms with E-state index in [1.54, 1.807) is 60.7 Å². The number of carbonyl (C=O) groups is 4. The Morgan fingerprint density at radius 1 is 0.824 bits per heavy atom. The Morgan fingerprint density at radius 3 is 2.15 bits per heavy atom. The van der Waals surface area contributed by atoms with Crippen LogP contribution in [0.3, 0.4) is 0 Å². The van der Waals surface area contributed by atoms with Gasteiger partial charge in [0.05, 0.1) is 5.56 Å². The number of anilines is 1. The minimum Gasteiger partial charge on any atom is -0.422 e. The number of carbonyl (C=O) groups excluding carboxylic acids is 4. The molecule has 0 saturated heterocycles. The highest BCUT2D eigenvalue weighted by Crippen LogP contribution is 2.21. The van der Waals surface area contributed by atoms with E-state index >= 15 is 0 Å². The van der Waals surface area contributed by atoms with Gasteiger partial charge in [-0.05, 0) is 60.7 Å². The second-order valence-electron chi connectivity index (χ2n) is 6.97. The summed E-state index contributed by atoms with van der Waals surface area (Å²) >= 11 is 3.31. The molecule has 0 heterocycles. The van der Waals surface area contributed by atoms with Crippen molar-refractivity contribution < 1.29 is 23.9 Å². The maximum atomic E-state index is 12.4. The highest BCUT2D eigenvalue weighted by Gasteiger charge is 2.11. The SMILES string of the molecule is CC(=O)Nc1ccc(C(=O)NNC(=O)/C=C/c2ccccc2OC(=O)c2ccc(Br)cc2)cc1. The Hall–Kier alpha value is -4.24. The molecule has 172 valence electrons. The van der Waals surface area contributed by atoms with E-state index in [1.807, 2.05) is 0 Å². The van der Waals surface area contributed by atoms with Crippen molar-refractivity contribution in [3.63, 3.8) is 0 Å². The number of para-hydroxylation sites is 1. The zero-order chi connectivity index (χ0) is 24.5. The van der Waals surface area contributed by atoms with Gasteiger partial charge in [0.25, 0.3) is 11.8 Å². The number of hydrazine groups is 1. The lowest BCUT2D eigenvalue weighted by Crippen LogP contribution is -2.40. The number of esters is 1. The number of benzene rings is 3. The summed E-state index contributed by atoms with van der Waals surface area (Å²) in [6, 6.07) is 19.6. The number of ether oxygens (including phenoxy) is 1. The van der Waals surface area contributed by atoms with E-state index in [2.05, 4.69) is 32.1 Å². The van der Waals surface area contributed by atoms with Crippen molar-refractivity contribution in [1.82, 2.24) is 10.9 Å². The Labute approximate surface area is 204 Å². The molecule has 0 aliphatic heterocycles. The van der Waals surface area contributed by atoms with Gasteiger partial charge in [-0.2, -0.15) is 0 Å². The number of rotatable bonds is 6. The van der Waals surface area contributed by atoms with Crippen molar-refractivity contribution in [3.8, 4) is 5.75 Å². The Bertz CT molecular complexity index is 1240. The maximum absolute atomic E-state index is 12.4. The minimum absolute atomic E-state index is 0.221. The van der Waals surface area contributed by atoms with Crippen molar-refractivity contribution in [3.05, 3.63) is 100 Å². The summed E-state index contributed by atoms with van der Waals surface area (Å²) in [6.07, 6.45) is 2.67. The molecule has 0 aromatic heterocycles. The van der Waals surface area contributed by atoms with E-state index < -0.39 is 17.8 Å². The number of nitrogens with one attached hydrogen (secondary N) is 3. The Balaban J connectivity index is 1.57. The molecule has 9 heteroatoms. The zero-order valence-corrected chi connectivity index (χ0v) is 19.6. The van der Waals surface area contributed by atoms with Crippen LogP contribution < -0.4 is 20.9 Å². The van der Waals surface area contributed by atoms with E-state index in [0.717, 1.165) is 4.47 Å². The molecule has 0 fully saturated rings. The van der Waals surface area contributed by atoms with Gasteiger partial charge in [-0.3, -0.25) is 25.2 Å². The van der Waals surface area contributed by atoms with Crippen LogP contribution in [0.1, 0.15) is 33.2 Å². The first-order chi connectivity index (χ1) is 16.3. The molecule has 0 saturated carbocycles. The molecule has 0 atom stereocenters. The molecule has 0 unspecified atom stereocenters. The lowest BCUT2D eigenvalue weighted by Gasteiger charge is -2.08. The summed E-state index contributed by atoms with van der Waals surface area (Å²) in [5, 5.41) is 2.60. The third kappa shape index (κ3) is 7.14. The summed E-state index contributed by atoms with van der Waals surface area (Å²) in [4.78, 5) is 47.8. The largest absolute Gasteiger partial charge is 0.422 e. The first kappa shape index (κ1) is 24.4. The van der Waals surface area contributed by atoms with E-state index in [9.17, 15) is 19.2 Å². The minimum atomic E-state index is -0.586. The first-order valence-corrected chi connectivity index (χ1v) is 10.8. The maximum Gasteiger partial charge on any atom is 0.343 e. The van der Waals surface area contributed by atoms with Crippen molar-refractivity contribution in [2.45, 2.75) is 6.92 Å². The quantitative estimate of drug-likeness (QED) is 0.195. The fraction of sp³-hybridized carbons (Fsp3) is 0.0400. The Kier molecular flexibility index (Phi) is 8.31. The van der Waals surface area contributed by atoms with Crippen LogP contribution in [0, 0.1) is 0 Å². The molecule has 3 aromatic carbocycles. The normalized spacial score (nSPS) is 10.4. The van der Waals surface area contributed by atoms with Crippen LogP contribution in [0.15, 0.2) is 83.3 Å². The summed E-state index contributed by atoms with van der Waals surface area (Å²) in [5.74, 6) is -1.59. The van der Waals surface area contributed by atoms with E-state index in [1.165, 1.54) is 31.2 Å². The lowest BCUT2D eigenvalue weighted by atomic mass is 10.2. The van der Waals surface area contributed by atoms with E-state index in [-0.39, 0.29) is 11.7 Å². The van der Waals surface area contributed by atoms with E-state index in [4.69, 9.17) is 4.74 Å². The molecule has 3 rings (SSSR count). The van der Waals surface area contributed by atoms with Crippen molar-refractivity contribution in [2.75, 3.05) is 5.32 Å². The molecule has 3 aromatic rings. The Morgan fingerprint density at radius 2 is 1.47 bits per heavy atom. The molecular weight excluding hydrogens is 502 g/mol. The molecule has 0 bridgehead atoms. The van der Waals surface area contributed by atoms with Crippen LogP contribution in [-0.4, -0.2) is 23.7 Å². The second-order valence-corrected chi connectivity index (χ2v) is 7.89. The van der Waals surface area contributed by atoms with Crippen LogP contribution in [-0.2, 0) is 9.59 Å². The average molecular weight is 522 g/mol. The number of halogens is 1. The predicted octanol–water partition coefficient (Wildman–Crippen LogP) is 4.10. The van der Waals surface area contributed by atoms with Gasteiger partial charge < -0.3 is 10.1 Å². The van der Waals surface area contributed by atoms with Crippen molar-refractivity contribution in [2.24, 2.45) is 0 Å². The summed E-state index contributed by atoms with van der Waals surface area (Å²) in [7, 11) is 0. The summed E-state index contributed by atoms with van der Waals surface area (Å²) in [6.45, 7) is 1.38. The highest BCUT2D eigenvalue weighted by molar-refractivity contribution is 9.10. The molecule has 3 amide bonds. The lowest BCUT2D eigenvalue weighted by molar-refractivity contribution is -0.117. The van der Waals surface area contributed by atoms with Crippen LogP contribution in [0.4, 0.5) is 5.69 Å². The van der Waals surface area contributed by atoms with Gasteiger partial charge in [0.2, 0.25) is 5.91 Å². The average Bonchev–Trinajstić information content (AvgIpc) is 2.82. The standard InChI is InChI=1S/C25H20BrN3O5/c1-16(30)27-21-13-8-18(9-14-21)24(32)29-28-23(31)15-10-17-4-2-3-5-22(17)34-25(33)19-6-11-20(26)12-7-19/h2-15H,1H3,(H,27,30)(H,28,31)(H,29,32)/b15-10+. The smallest absolute Gasteiger partial charge is 0.343 e. The topological polar surface area (TPSA) is 114 Å². The van der Waals surface area contributed by atoms with Gasteiger partial charge in [-0.1, -0.05) is 34.1 Å². The fourth-order valence-electron chi connectivity index (χ4n) is 2.76. The van der Waals surface area contributed by atoms with Crippen LogP contribution in [0.25, 0.3) is 6.08 Å². The van der Waals surface area contributed by atoms with Crippen LogP contribution >= 0.6 is 15.9 Å². The number of hydrogen-bond donors (Lipinski definition) is 3. The van der Waals surface area contributed by atoms with E-state index in [0.29, 0.717) is 22.4 Å². The van der Waals surface area contributed by atoms with Gasteiger partial charge in [0, 0.05) is 34.3 Å². The molecule has 8 nitrogen and oxygen atoms in total. The van der Waals surface area contributed by atoms with Gasteiger partial charge in [-0.25, -0.2) is 4.79 Å².